The van der Waals surface area contributed by atoms with Gasteiger partial charge in [-0.05, 0) is 73.1 Å². The number of alkyl halides is 3. The summed E-state index contributed by atoms with van der Waals surface area (Å²) in [6.07, 6.45) is -1.75. The van der Waals surface area contributed by atoms with Crippen molar-refractivity contribution in [2.75, 3.05) is 12.4 Å². The van der Waals surface area contributed by atoms with Gasteiger partial charge in [0.25, 0.3) is 0 Å². The molecule has 4 rings (SSSR count). The molecule has 3 aromatic rings. The van der Waals surface area contributed by atoms with E-state index in [0.717, 1.165) is 24.8 Å². The Hall–Kier alpha value is -3.23. The van der Waals surface area contributed by atoms with Crippen LogP contribution in [0.4, 0.5) is 24.8 Å². The number of ether oxygens (including phenoxy) is 2. The molecule has 1 aliphatic rings. The van der Waals surface area contributed by atoms with Gasteiger partial charge in [0.2, 0.25) is 5.95 Å². The van der Waals surface area contributed by atoms with Crippen molar-refractivity contribution in [3.05, 3.63) is 48.0 Å². The van der Waals surface area contributed by atoms with Gasteiger partial charge >= 0.3 is 12.3 Å². The van der Waals surface area contributed by atoms with Crippen LogP contribution in [0, 0.1) is 11.3 Å². The number of aromatic nitrogens is 2. The Bertz CT molecular complexity index is 1190. The molecule has 0 saturated heterocycles. The molecule has 6 nitrogen and oxygen atoms in total. The van der Waals surface area contributed by atoms with E-state index in [-0.39, 0.29) is 17.2 Å². The number of hydrogen-bond donors (Lipinski definition) is 1. The fraction of sp³-hybridized carbons (Fsp3) is 0.440. The summed E-state index contributed by atoms with van der Waals surface area (Å²) >= 11 is 0. The first-order chi connectivity index (χ1) is 15.9. The summed E-state index contributed by atoms with van der Waals surface area (Å²) in [6.45, 7) is 6.74. The summed E-state index contributed by atoms with van der Waals surface area (Å²) in [4.78, 5) is 16.9. The average Bonchev–Trinajstić information content (AvgIpc) is 3.09. The third-order valence-corrected chi connectivity index (χ3v) is 6.18. The monoisotopic (exact) mass is 475 g/mol. The second kappa shape index (κ2) is 8.85. The molecule has 1 fully saturated rings. The van der Waals surface area contributed by atoms with Gasteiger partial charge in [0.05, 0.1) is 23.7 Å². The third-order valence-electron chi connectivity index (χ3n) is 6.18. The van der Waals surface area contributed by atoms with E-state index in [1.165, 1.54) is 31.4 Å². The Morgan fingerprint density at radius 3 is 2.47 bits per heavy atom. The van der Waals surface area contributed by atoms with Crippen LogP contribution in [0.2, 0.25) is 0 Å². The molecule has 0 aliphatic heterocycles. The Morgan fingerprint density at radius 2 is 1.85 bits per heavy atom. The Balaban J connectivity index is 1.75. The highest BCUT2D eigenvalue weighted by molar-refractivity contribution is 5.94. The molecule has 1 heterocycles. The molecule has 0 spiro atoms. The van der Waals surface area contributed by atoms with Crippen molar-refractivity contribution in [1.82, 2.24) is 9.55 Å². The summed E-state index contributed by atoms with van der Waals surface area (Å²) in [5.41, 5.74) is 2.65. The fourth-order valence-electron chi connectivity index (χ4n) is 5.16. The van der Waals surface area contributed by atoms with Gasteiger partial charge in [-0.15, -0.1) is 13.2 Å². The predicted molar refractivity (Wildman–Crippen MR) is 123 cm³/mol. The minimum Gasteiger partial charge on any atom is -0.465 e. The second-order valence-electron chi connectivity index (χ2n) is 9.76. The van der Waals surface area contributed by atoms with E-state index in [1.807, 2.05) is 0 Å². The van der Waals surface area contributed by atoms with Crippen LogP contribution < -0.4 is 10.1 Å². The molecule has 0 bridgehead atoms. The molecule has 1 saturated carbocycles. The van der Waals surface area contributed by atoms with E-state index in [1.54, 1.807) is 18.2 Å². The molecule has 0 amide bonds. The first kappa shape index (κ1) is 23.9. The molecule has 182 valence electrons. The van der Waals surface area contributed by atoms with E-state index in [4.69, 9.17) is 9.72 Å². The third kappa shape index (κ3) is 5.29. The number of benzene rings is 2. The van der Waals surface area contributed by atoms with Gasteiger partial charge in [-0.25, -0.2) is 9.78 Å². The van der Waals surface area contributed by atoms with Crippen molar-refractivity contribution >= 4 is 28.6 Å². The zero-order chi connectivity index (χ0) is 24.7. The number of carbonyl (C=O) groups excluding carboxylic acids is 1. The van der Waals surface area contributed by atoms with Gasteiger partial charge in [-0.2, -0.15) is 0 Å². The van der Waals surface area contributed by atoms with Crippen LogP contribution >= 0.6 is 0 Å². The summed E-state index contributed by atoms with van der Waals surface area (Å²) in [5, 5.41) is 3.25. The van der Waals surface area contributed by atoms with E-state index in [0.29, 0.717) is 28.6 Å². The SMILES string of the molecule is COC(=O)c1ccc2nc(Nc3ccc(OC(F)(F)F)cc3)n([C@@H]3C[C@@H](C)CC(C)(C)C3)c2c1. The highest BCUT2D eigenvalue weighted by Crippen LogP contribution is 2.46. The molecular weight excluding hydrogens is 447 g/mol. The number of methoxy groups -OCH3 is 1. The van der Waals surface area contributed by atoms with Crippen molar-refractivity contribution in [1.29, 1.82) is 0 Å². The van der Waals surface area contributed by atoms with Crippen molar-refractivity contribution in [3.63, 3.8) is 0 Å². The molecule has 2 atom stereocenters. The standard InChI is InChI=1S/C25H28F3N3O3/c1-15-11-18(14-24(2,3)13-15)31-21-12-16(22(32)33-4)5-10-20(21)30-23(31)29-17-6-8-19(9-7-17)34-25(26,27)28/h5-10,12,15,18H,11,13-14H2,1-4H3,(H,29,30)/t15-,18-/m1/s1. The van der Waals surface area contributed by atoms with E-state index in [9.17, 15) is 18.0 Å². The Morgan fingerprint density at radius 1 is 1.15 bits per heavy atom. The van der Waals surface area contributed by atoms with Gasteiger partial charge in [0.15, 0.2) is 0 Å². The number of nitrogens with zero attached hydrogens (tertiary/aromatic N) is 2. The molecule has 1 aromatic heterocycles. The summed E-state index contributed by atoms with van der Waals surface area (Å²) in [6, 6.07) is 10.9. The van der Waals surface area contributed by atoms with E-state index < -0.39 is 12.3 Å². The smallest absolute Gasteiger partial charge is 0.465 e. The molecule has 1 N–H and O–H groups in total. The lowest BCUT2D eigenvalue weighted by Crippen LogP contribution is -2.29. The van der Waals surface area contributed by atoms with Crippen molar-refractivity contribution in [3.8, 4) is 5.75 Å². The summed E-state index contributed by atoms with van der Waals surface area (Å²) in [7, 11) is 1.34. The maximum atomic E-state index is 12.5. The average molecular weight is 476 g/mol. The number of anilines is 2. The highest BCUT2D eigenvalue weighted by atomic mass is 19.4. The number of carbonyl (C=O) groups is 1. The zero-order valence-electron chi connectivity index (χ0n) is 19.6. The lowest BCUT2D eigenvalue weighted by molar-refractivity contribution is -0.274. The van der Waals surface area contributed by atoms with Crippen molar-refractivity contribution in [2.45, 2.75) is 52.4 Å². The topological polar surface area (TPSA) is 65.4 Å². The molecular formula is C25H28F3N3O3. The number of rotatable bonds is 5. The van der Waals surface area contributed by atoms with Crippen molar-refractivity contribution in [2.24, 2.45) is 11.3 Å². The fourth-order valence-corrected chi connectivity index (χ4v) is 5.16. The van der Waals surface area contributed by atoms with Gasteiger partial charge in [-0.1, -0.05) is 20.8 Å². The predicted octanol–water partition coefficient (Wildman–Crippen LogP) is 6.85. The first-order valence-electron chi connectivity index (χ1n) is 11.2. The van der Waals surface area contributed by atoms with Crippen LogP contribution in [0.25, 0.3) is 11.0 Å². The number of nitrogens with one attached hydrogen (secondary N) is 1. The molecule has 0 radical (unpaired) electrons. The maximum Gasteiger partial charge on any atom is 0.573 e. The normalized spacial score (nSPS) is 20.2. The summed E-state index contributed by atoms with van der Waals surface area (Å²) in [5.74, 6) is 0.344. The first-order valence-corrected chi connectivity index (χ1v) is 11.2. The lowest BCUT2D eigenvalue weighted by atomic mass is 9.70. The van der Waals surface area contributed by atoms with Crippen molar-refractivity contribution < 1.29 is 27.4 Å². The Labute approximate surface area is 196 Å². The van der Waals surface area contributed by atoms with E-state index >= 15 is 0 Å². The van der Waals surface area contributed by atoms with Gasteiger partial charge in [-0.3, -0.25) is 0 Å². The maximum absolute atomic E-state index is 12.5. The number of esters is 1. The van der Waals surface area contributed by atoms with Crippen LogP contribution in [0.1, 0.15) is 56.4 Å². The van der Waals surface area contributed by atoms with Crippen LogP contribution in [-0.2, 0) is 4.74 Å². The largest absolute Gasteiger partial charge is 0.573 e. The van der Waals surface area contributed by atoms with Gasteiger partial charge < -0.3 is 19.4 Å². The zero-order valence-corrected chi connectivity index (χ0v) is 19.6. The summed E-state index contributed by atoms with van der Waals surface area (Å²) < 4.78 is 48.4. The second-order valence-corrected chi connectivity index (χ2v) is 9.76. The lowest BCUT2D eigenvalue weighted by Gasteiger charge is -2.40. The number of fused-ring (bicyclic) bond motifs is 1. The molecule has 1 aliphatic carbocycles. The number of halogens is 3. The highest BCUT2D eigenvalue weighted by Gasteiger charge is 2.35. The minimum absolute atomic E-state index is 0.131. The molecule has 2 aromatic carbocycles. The minimum atomic E-state index is -4.75. The van der Waals surface area contributed by atoms with Crippen LogP contribution in [-0.4, -0.2) is 29.0 Å². The van der Waals surface area contributed by atoms with Gasteiger partial charge in [0, 0.05) is 11.7 Å². The van der Waals surface area contributed by atoms with Gasteiger partial charge in [0.1, 0.15) is 5.75 Å². The number of hydrogen-bond acceptors (Lipinski definition) is 5. The molecule has 9 heteroatoms. The number of imidazole rings is 1. The molecule has 34 heavy (non-hydrogen) atoms. The molecule has 0 unspecified atom stereocenters. The van der Waals surface area contributed by atoms with Crippen LogP contribution in [0.15, 0.2) is 42.5 Å². The Kier molecular flexibility index (Phi) is 6.22. The van der Waals surface area contributed by atoms with E-state index in [2.05, 4.69) is 35.4 Å². The van der Waals surface area contributed by atoms with Crippen LogP contribution in [0.3, 0.4) is 0 Å². The van der Waals surface area contributed by atoms with Crippen LogP contribution in [0.5, 0.6) is 5.75 Å². The quantitative estimate of drug-likeness (QED) is 0.409.